The molecule has 3 N–H and O–H groups in total. The lowest BCUT2D eigenvalue weighted by molar-refractivity contribution is 0.0697. The van der Waals surface area contributed by atoms with E-state index in [0.717, 1.165) is 11.4 Å². The first-order chi connectivity index (χ1) is 9.49. The van der Waals surface area contributed by atoms with Crippen LogP contribution in [0.15, 0.2) is 29.4 Å². The van der Waals surface area contributed by atoms with Gasteiger partial charge in [0.2, 0.25) is 5.16 Å². The molecule has 0 radical (unpaired) electrons. The third-order valence-corrected chi connectivity index (χ3v) is 3.79. The van der Waals surface area contributed by atoms with E-state index in [9.17, 15) is 4.79 Å². The maximum absolute atomic E-state index is 10.8. The van der Waals surface area contributed by atoms with Gasteiger partial charge in [0, 0.05) is 11.7 Å². The molecule has 0 spiro atoms. The van der Waals surface area contributed by atoms with Gasteiger partial charge in [-0.3, -0.25) is 0 Å². The number of nitrogens with zero attached hydrogens (tertiary/aromatic N) is 3. The molecule has 20 heavy (non-hydrogen) atoms. The summed E-state index contributed by atoms with van der Waals surface area (Å²) in [4.78, 5) is 10.8. The van der Waals surface area contributed by atoms with E-state index in [4.69, 9.17) is 10.9 Å². The van der Waals surface area contributed by atoms with Gasteiger partial charge >= 0.3 is 5.97 Å². The molecular weight excluding hydrogens is 276 g/mol. The summed E-state index contributed by atoms with van der Waals surface area (Å²) in [5, 5.41) is 17.6. The van der Waals surface area contributed by atoms with Crippen LogP contribution in [0.5, 0.6) is 0 Å². The molecule has 0 aliphatic carbocycles. The fourth-order valence-electron chi connectivity index (χ4n) is 1.67. The van der Waals surface area contributed by atoms with Crippen LogP contribution in [0.25, 0.3) is 0 Å². The number of hydrogen-bond donors (Lipinski definition) is 2. The molecule has 2 rings (SSSR count). The molecule has 2 aromatic rings. The van der Waals surface area contributed by atoms with E-state index < -0.39 is 5.97 Å². The van der Waals surface area contributed by atoms with Crippen molar-refractivity contribution in [1.82, 2.24) is 14.9 Å². The molecule has 0 amide bonds. The minimum absolute atomic E-state index is 0.219. The van der Waals surface area contributed by atoms with Crippen LogP contribution in [-0.2, 0) is 5.75 Å². The third-order valence-electron chi connectivity index (χ3n) is 2.78. The number of aromatic nitrogens is 3. The van der Waals surface area contributed by atoms with Crippen molar-refractivity contribution in [3.8, 4) is 0 Å². The Morgan fingerprint density at radius 3 is 2.50 bits per heavy atom. The van der Waals surface area contributed by atoms with E-state index in [1.165, 1.54) is 16.4 Å². The summed E-state index contributed by atoms with van der Waals surface area (Å²) < 4.78 is 1.50. The number of carboxylic acids is 1. The van der Waals surface area contributed by atoms with Crippen LogP contribution in [-0.4, -0.2) is 25.9 Å². The number of nitrogen functional groups attached to an aromatic ring is 1. The second-order valence-corrected chi connectivity index (χ2v) is 5.60. The van der Waals surface area contributed by atoms with Crippen LogP contribution in [0, 0.1) is 0 Å². The Hall–Kier alpha value is -2.02. The smallest absolute Gasteiger partial charge is 0.335 e. The minimum atomic E-state index is -0.924. The first-order valence-corrected chi connectivity index (χ1v) is 7.13. The van der Waals surface area contributed by atoms with Crippen molar-refractivity contribution in [2.45, 2.75) is 30.7 Å². The van der Waals surface area contributed by atoms with E-state index in [-0.39, 0.29) is 11.5 Å². The molecule has 1 heterocycles. The Labute approximate surface area is 121 Å². The fourth-order valence-corrected chi connectivity index (χ4v) is 2.49. The Balaban J connectivity index is 2.03. The summed E-state index contributed by atoms with van der Waals surface area (Å²) in [7, 11) is 0. The molecule has 1 aromatic carbocycles. The molecule has 0 saturated carbocycles. The van der Waals surface area contributed by atoms with E-state index in [1.54, 1.807) is 24.3 Å². The number of hydrogen-bond acceptors (Lipinski definition) is 5. The van der Waals surface area contributed by atoms with Gasteiger partial charge in [-0.15, -0.1) is 10.2 Å². The normalized spacial score (nSPS) is 10.9. The van der Waals surface area contributed by atoms with Crippen molar-refractivity contribution in [3.63, 3.8) is 0 Å². The summed E-state index contributed by atoms with van der Waals surface area (Å²) in [6.07, 6.45) is 0. The van der Waals surface area contributed by atoms with Gasteiger partial charge < -0.3 is 10.9 Å². The van der Waals surface area contributed by atoms with Crippen molar-refractivity contribution in [2.75, 3.05) is 5.84 Å². The van der Waals surface area contributed by atoms with E-state index in [2.05, 4.69) is 10.2 Å². The van der Waals surface area contributed by atoms with Crippen LogP contribution in [0.4, 0.5) is 0 Å². The quantitative estimate of drug-likeness (QED) is 0.647. The molecule has 0 fully saturated rings. The average molecular weight is 292 g/mol. The average Bonchev–Trinajstić information content (AvgIpc) is 2.78. The molecule has 1 aromatic heterocycles. The molecule has 0 unspecified atom stereocenters. The van der Waals surface area contributed by atoms with E-state index >= 15 is 0 Å². The Morgan fingerprint density at radius 2 is 2.00 bits per heavy atom. The highest BCUT2D eigenvalue weighted by Gasteiger charge is 2.13. The zero-order chi connectivity index (χ0) is 14.7. The Kier molecular flexibility index (Phi) is 4.29. The standard InChI is InChI=1S/C13H16N4O2S/c1-8(2)11-15-16-13(17(11)14)20-7-9-3-5-10(6-4-9)12(18)19/h3-6,8H,7,14H2,1-2H3,(H,18,19). The summed E-state index contributed by atoms with van der Waals surface area (Å²) >= 11 is 1.47. The van der Waals surface area contributed by atoms with Crippen LogP contribution >= 0.6 is 11.8 Å². The second kappa shape index (κ2) is 5.96. The van der Waals surface area contributed by atoms with Gasteiger partial charge in [-0.05, 0) is 17.7 Å². The van der Waals surface area contributed by atoms with Crippen LogP contribution in [0.2, 0.25) is 0 Å². The van der Waals surface area contributed by atoms with Gasteiger partial charge in [-0.1, -0.05) is 37.7 Å². The summed E-state index contributed by atoms with van der Waals surface area (Å²) in [5.74, 6) is 6.63. The molecule has 0 saturated heterocycles. The topological polar surface area (TPSA) is 94.0 Å². The van der Waals surface area contributed by atoms with Crippen molar-refractivity contribution in [1.29, 1.82) is 0 Å². The zero-order valence-corrected chi connectivity index (χ0v) is 12.1. The lowest BCUT2D eigenvalue weighted by Gasteiger charge is -2.05. The second-order valence-electron chi connectivity index (χ2n) is 4.66. The highest BCUT2D eigenvalue weighted by molar-refractivity contribution is 7.98. The van der Waals surface area contributed by atoms with Crippen LogP contribution < -0.4 is 5.84 Å². The van der Waals surface area contributed by atoms with Crippen LogP contribution in [0.3, 0.4) is 0 Å². The summed E-state index contributed by atoms with van der Waals surface area (Å²) in [5.41, 5.74) is 1.29. The Morgan fingerprint density at radius 1 is 1.35 bits per heavy atom. The summed E-state index contributed by atoms with van der Waals surface area (Å²) in [6, 6.07) is 6.75. The van der Waals surface area contributed by atoms with Crippen molar-refractivity contribution in [2.24, 2.45) is 0 Å². The molecule has 106 valence electrons. The molecule has 7 heteroatoms. The van der Waals surface area contributed by atoms with Gasteiger partial charge in [-0.2, -0.15) is 0 Å². The lowest BCUT2D eigenvalue weighted by Crippen LogP contribution is -2.14. The number of nitrogens with two attached hydrogens (primary N) is 1. The van der Waals surface area contributed by atoms with Crippen LogP contribution in [0.1, 0.15) is 41.5 Å². The first-order valence-electron chi connectivity index (χ1n) is 6.14. The van der Waals surface area contributed by atoms with E-state index in [1.807, 2.05) is 13.8 Å². The number of thioether (sulfide) groups is 1. The monoisotopic (exact) mass is 292 g/mol. The molecule has 6 nitrogen and oxygen atoms in total. The minimum Gasteiger partial charge on any atom is -0.478 e. The van der Waals surface area contributed by atoms with Gasteiger partial charge in [0.1, 0.15) is 0 Å². The summed E-state index contributed by atoms with van der Waals surface area (Å²) in [6.45, 7) is 4.01. The van der Waals surface area contributed by atoms with Crippen molar-refractivity contribution >= 4 is 17.7 Å². The largest absolute Gasteiger partial charge is 0.478 e. The predicted octanol–water partition coefficient (Wildman–Crippen LogP) is 2.11. The first kappa shape index (κ1) is 14.4. The number of carbonyl (C=O) groups is 1. The van der Waals surface area contributed by atoms with Gasteiger partial charge in [0.25, 0.3) is 0 Å². The molecule has 0 aliphatic rings. The molecule has 0 atom stereocenters. The maximum Gasteiger partial charge on any atom is 0.335 e. The molecule has 0 aliphatic heterocycles. The zero-order valence-electron chi connectivity index (χ0n) is 11.3. The maximum atomic E-state index is 10.8. The van der Waals surface area contributed by atoms with Crippen molar-refractivity contribution < 1.29 is 9.90 Å². The van der Waals surface area contributed by atoms with E-state index in [0.29, 0.717) is 10.9 Å². The fraction of sp³-hybridized carbons (Fsp3) is 0.308. The highest BCUT2D eigenvalue weighted by atomic mass is 32.2. The number of aromatic carboxylic acids is 1. The molecular formula is C13H16N4O2S. The van der Waals surface area contributed by atoms with Crippen molar-refractivity contribution in [3.05, 3.63) is 41.2 Å². The lowest BCUT2D eigenvalue weighted by atomic mass is 10.1. The Bertz CT molecular complexity index is 607. The SMILES string of the molecule is CC(C)c1nnc(SCc2ccc(C(=O)O)cc2)n1N. The number of rotatable bonds is 5. The van der Waals surface area contributed by atoms with Gasteiger partial charge in [-0.25, -0.2) is 9.47 Å². The number of benzene rings is 1. The highest BCUT2D eigenvalue weighted by Crippen LogP contribution is 2.22. The predicted molar refractivity (Wildman–Crippen MR) is 77.2 cm³/mol. The number of carboxylic acid groups (broad SMARTS) is 1. The van der Waals surface area contributed by atoms with Gasteiger partial charge in [0.15, 0.2) is 5.82 Å². The molecule has 0 bridgehead atoms. The third kappa shape index (κ3) is 3.11. The van der Waals surface area contributed by atoms with Gasteiger partial charge in [0.05, 0.1) is 5.56 Å².